The fraction of sp³-hybridized carbons (Fsp3) is 0.455. The maximum absolute atomic E-state index is 10.4. The molecule has 0 spiro atoms. The van der Waals surface area contributed by atoms with E-state index in [1.165, 1.54) is 12.8 Å². The first-order chi connectivity index (χ1) is 7.66. The van der Waals surface area contributed by atoms with Crippen molar-refractivity contribution >= 4 is 28.5 Å². The fourth-order valence-electron chi connectivity index (χ4n) is 1.74. The normalized spacial score (nSPS) is 16.2. The van der Waals surface area contributed by atoms with E-state index in [1.807, 2.05) is 6.92 Å². The molecule has 5 heteroatoms. The van der Waals surface area contributed by atoms with Crippen LogP contribution in [0.1, 0.15) is 23.4 Å². The molecule has 86 valence electrons. The van der Waals surface area contributed by atoms with Crippen molar-refractivity contribution in [3.63, 3.8) is 0 Å². The van der Waals surface area contributed by atoms with Gasteiger partial charge in [0.2, 0.25) is 0 Å². The summed E-state index contributed by atoms with van der Waals surface area (Å²) in [5.74, 6) is -0.921. The highest BCUT2D eigenvalue weighted by Gasteiger charge is 2.16. The average Bonchev–Trinajstić information content (AvgIpc) is 2.83. The van der Waals surface area contributed by atoms with E-state index in [2.05, 4.69) is 9.88 Å². The molecule has 0 aliphatic carbocycles. The Bertz CT molecular complexity index is 420. The number of nitrogens with zero attached hydrogens (tertiary/aromatic N) is 2. The molecule has 1 fully saturated rings. The minimum atomic E-state index is -0.921. The van der Waals surface area contributed by atoms with E-state index in [0.29, 0.717) is 0 Å². The quantitative estimate of drug-likeness (QED) is 0.820. The van der Waals surface area contributed by atoms with Crippen LogP contribution in [0.4, 0.5) is 5.13 Å². The Labute approximate surface area is 98.2 Å². The van der Waals surface area contributed by atoms with Crippen LogP contribution in [0.25, 0.3) is 6.08 Å². The Morgan fingerprint density at radius 1 is 1.50 bits per heavy atom. The third kappa shape index (κ3) is 2.41. The highest BCUT2D eigenvalue weighted by Crippen LogP contribution is 2.29. The summed E-state index contributed by atoms with van der Waals surface area (Å²) >= 11 is 1.56. The molecule has 0 aromatic carbocycles. The molecule has 1 aliphatic heterocycles. The lowest BCUT2D eigenvalue weighted by molar-refractivity contribution is -0.131. The Kier molecular flexibility index (Phi) is 3.24. The van der Waals surface area contributed by atoms with Crippen LogP contribution >= 0.6 is 11.3 Å². The van der Waals surface area contributed by atoms with E-state index < -0.39 is 5.97 Å². The number of thiazole rings is 1. The number of carboxylic acid groups (broad SMARTS) is 1. The molecule has 4 nitrogen and oxygen atoms in total. The molecular weight excluding hydrogens is 224 g/mol. The summed E-state index contributed by atoms with van der Waals surface area (Å²) in [6.07, 6.45) is 5.22. The molecule has 1 saturated heterocycles. The number of hydrogen-bond acceptors (Lipinski definition) is 4. The zero-order chi connectivity index (χ0) is 11.5. The van der Waals surface area contributed by atoms with Gasteiger partial charge < -0.3 is 10.0 Å². The molecule has 16 heavy (non-hydrogen) atoms. The second-order valence-corrected chi connectivity index (χ2v) is 4.82. The van der Waals surface area contributed by atoms with Gasteiger partial charge in [-0.25, -0.2) is 9.78 Å². The van der Waals surface area contributed by atoms with Crippen LogP contribution in [0.15, 0.2) is 6.08 Å². The van der Waals surface area contributed by atoms with Gasteiger partial charge in [0.1, 0.15) is 0 Å². The Hall–Kier alpha value is -1.36. The topological polar surface area (TPSA) is 53.4 Å². The predicted octanol–water partition coefficient (Wildman–Crippen LogP) is 2.15. The molecule has 1 aromatic heterocycles. The monoisotopic (exact) mass is 238 g/mol. The third-order valence-electron chi connectivity index (χ3n) is 2.58. The molecule has 2 heterocycles. The van der Waals surface area contributed by atoms with Crippen LogP contribution in [-0.4, -0.2) is 29.1 Å². The van der Waals surface area contributed by atoms with Crippen LogP contribution in [0.5, 0.6) is 0 Å². The predicted molar refractivity (Wildman–Crippen MR) is 65.0 cm³/mol. The maximum Gasteiger partial charge on any atom is 0.328 e. The molecule has 0 saturated carbocycles. The van der Waals surface area contributed by atoms with Crippen LogP contribution in [-0.2, 0) is 4.79 Å². The highest BCUT2D eigenvalue weighted by molar-refractivity contribution is 7.16. The molecule has 0 unspecified atom stereocenters. The average molecular weight is 238 g/mol. The number of aliphatic carboxylic acids is 1. The molecule has 0 radical (unpaired) electrons. The first kappa shape index (κ1) is 11.1. The molecule has 1 aliphatic rings. The number of carbonyl (C=O) groups is 1. The zero-order valence-electron chi connectivity index (χ0n) is 9.14. The van der Waals surface area contributed by atoms with Crippen LogP contribution in [0, 0.1) is 6.92 Å². The van der Waals surface area contributed by atoms with Gasteiger partial charge in [0.05, 0.1) is 10.6 Å². The van der Waals surface area contributed by atoms with Gasteiger partial charge in [0.15, 0.2) is 5.13 Å². The van der Waals surface area contributed by atoms with E-state index in [-0.39, 0.29) is 0 Å². The van der Waals surface area contributed by atoms with E-state index in [0.717, 1.165) is 34.9 Å². The fourth-order valence-corrected chi connectivity index (χ4v) is 2.76. The summed E-state index contributed by atoms with van der Waals surface area (Å²) < 4.78 is 0. The first-order valence-corrected chi connectivity index (χ1v) is 6.12. The van der Waals surface area contributed by atoms with Crippen molar-refractivity contribution in [2.24, 2.45) is 0 Å². The molecule has 1 N–H and O–H groups in total. The van der Waals surface area contributed by atoms with Crippen molar-refractivity contribution < 1.29 is 9.90 Å². The van der Waals surface area contributed by atoms with E-state index in [4.69, 9.17) is 5.11 Å². The summed E-state index contributed by atoms with van der Waals surface area (Å²) in [6, 6.07) is 0. The zero-order valence-corrected chi connectivity index (χ0v) is 9.96. The van der Waals surface area contributed by atoms with Gasteiger partial charge in [-0.1, -0.05) is 11.3 Å². The summed E-state index contributed by atoms with van der Waals surface area (Å²) in [6.45, 7) is 4.04. The SMILES string of the molecule is Cc1nc(N2CCCC2)sc1/C=C/C(=O)O. The lowest BCUT2D eigenvalue weighted by Gasteiger charge is -2.11. The lowest BCUT2D eigenvalue weighted by atomic mass is 10.3. The van der Waals surface area contributed by atoms with Gasteiger partial charge in [-0.05, 0) is 25.8 Å². The van der Waals surface area contributed by atoms with Crippen molar-refractivity contribution in [3.8, 4) is 0 Å². The Morgan fingerprint density at radius 2 is 2.19 bits per heavy atom. The van der Waals surface area contributed by atoms with Crippen LogP contribution in [0.3, 0.4) is 0 Å². The molecule has 0 bridgehead atoms. The standard InChI is InChI=1S/C11H14N2O2S/c1-8-9(4-5-10(14)15)16-11(12-8)13-6-2-3-7-13/h4-5H,2-3,6-7H2,1H3,(H,14,15)/b5-4+. The van der Waals surface area contributed by atoms with Gasteiger partial charge in [-0.3, -0.25) is 0 Å². The molecule has 0 atom stereocenters. The lowest BCUT2D eigenvalue weighted by Crippen LogP contribution is -2.17. The van der Waals surface area contributed by atoms with E-state index in [1.54, 1.807) is 17.4 Å². The number of aromatic nitrogens is 1. The maximum atomic E-state index is 10.4. The third-order valence-corrected chi connectivity index (χ3v) is 3.76. The van der Waals surface area contributed by atoms with Crippen molar-refractivity contribution in [2.75, 3.05) is 18.0 Å². The van der Waals surface area contributed by atoms with Gasteiger partial charge in [-0.15, -0.1) is 0 Å². The first-order valence-electron chi connectivity index (χ1n) is 5.30. The van der Waals surface area contributed by atoms with Crippen LogP contribution < -0.4 is 4.90 Å². The number of carboxylic acids is 1. The van der Waals surface area contributed by atoms with Crippen molar-refractivity contribution in [3.05, 3.63) is 16.6 Å². The van der Waals surface area contributed by atoms with Gasteiger partial charge in [0, 0.05) is 19.2 Å². The minimum absolute atomic E-state index is 0.907. The Morgan fingerprint density at radius 3 is 2.81 bits per heavy atom. The number of anilines is 1. The molecule has 1 aromatic rings. The summed E-state index contributed by atoms with van der Waals surface area (Å²) in [5.41, 5.74) is 0.907. The summed E-state index contributed by atoms with van der Waals surface area (Å²) in [5, 5.41) is 9.58. The van der Waals surface area contributed by atoms with Crippen molar-refractivity contribution in [1.29, 1.82) is 0 Å². The molecular formula is C11H14N2O2S. The van der Waals surface area contributed by atoms with Crippen LogP contribution in [0.2, 0.25) is 0 Å². The minimum Gasteiger partial charge on any atom is -0.478 e. The number of aryl methyl sites for hydroxylation is 1. The van der Waals surface area contributed by atoms with E-state index >= 15 is 0 Å². The largest absolute Gasteiger partial charge is 0.478 e. The van der Waals surface area contributed by atoms with Crippen molar-refractivity contribution in [2.45, 2.75) is 19.8 Å². The number of hydrogen-bond donors (Lipinski definition) is 1. The molecule has 2 rings (SSSR count). The Balaban J connectivity index is 2.17. The van der Waals surface area contributed by atoms with E-state index in [9.17, 15) is 4.79 Å². The van der Waals surface area contributed by atoms with Gasteiger partial charge in [0.25, 0.3) is 0 Å². The smallest absolute Gasteiger partial charge is 0.328 e. The number of rotatable bonds is 3. The summed E-state index contributed by atoms with van der Waals surface area (Å²) in [4.78, 5) is 18.1. The second-order valence-electron chi connectivity index (χ2n) is 3.81. The van der Waals surface area contributed by atoms with Gasteiger partial charge in [-0.2, -0.15) is 0 Å². The second kappa shape index (κ2) is 4.65. The highest BCUT2D eigenvalue weighted by atomic mass is 32.1. The summed E-state index contributed by atoms with van der Waals surface area (Å²) in [7, 11) is 0. The molecule has 0 amide bonds. The van der Waals surface area contributed by atoms with Crippen molar-refractivity contribution in [1.82, 2.24) is 4.98 Å². The van der Waals surface area contributed by atoms with Gasteiger partial charge >= 0.3 is 5.97 Å².